The fourth-order valence-corrected chi connectivity index (χ4v) is 2.80. The lowest BCUT2D eigenvalue weighted by atomic mass is 10.1. The van der Waals surface area contributed by atoms with Crippen molar-refractivity contribution in [2.45, 2.75) is 20.0 Å². The highest BCUT2D eigenvalue weighted by molar-refractivity contribution is 5.98. The molecule has 1 unspecified atom stereocenters. The Balaban J connectivity index is 1.78. The van der Waals surface area contributed by atoms with Crippen LogP contribution in [-0.2, 0) is 14.3 Å². The molecule has 3 aromatic rings. The molecule has 0 saturated heterocycles. The molecule has 0 aliphatic heterocycles. The van der Waals surface area contributed by atoms with Crippen LogP contribution in [0, 0.1) is 6.92 Å². The molecule has 0 fully saturated rings. The number of esters is 1. The summed E-state index contributed by atoms with van der Waals surface area (Å²) in [4.78, 5) is 25.4. The van der Waals surface area contributed by atoms with Gasteiger partial charge in [-0.25, -0.2) is 4.79 Å². The second-order valence-electron chi connectivity index (χ2n) is 6.43. The van der Waals surface area contributed by atoms with Crippen LogP contribution in [0.4, 0.5) is 5.69 Å². The lowest BCUT2D eigenvalue weighted by Gasteiger charge is -2.18. The van der Waals surface area contributed by atoms with Gasteiger partial charge in [0.15, 0.2) is 0 Å². The average Bonchev–Trinajstić information content (AvgIpc) is 3.18. The van der Waals surface area contributed by atoms with Gasteiger partial charge in [-0.15, -0.1) is 0 Å². The Kier molecular flexibility index (Phi) is 7.05. The van der Waals surface area contributed by atoms with E-state index in [0.29, 0.717) is 29.4 Å². The van der Waals surface area contributed by atoms with Crippen LogP contribution in [0.2, 0.25) is 0 Å². The van der Waals surface area contributed by atoms with Crippen molar-refractivity contribution >= 4 is 23.6 Å². The number of anilines is 1. The van der Waals surface area contributed by atoms with Gasteiger partial charge in [-0.1, -0.05) is 42.5 Å². The van der Waals surface area contributed by atoms with Crippen LogP contribution >= 0.6 is 0 Å². The maximum absolute atomic E-state index is 13.0. The summed E-state index contributed by atoms with van der Waals surface area (Å²) in [7, 11) is 0. The Hall–Kier alpha value is -3.80. The summed E-state index contributed by atoms with van der Waals surface area (Å²) in [5, 5.41) is 2.79. The predicted molar refractivity (Wildman–Crippen MR) is 114 cm³/mol. The molecule has 1 amide bonds. The number of para-hydroxylation sites is 2. The van der Waals surface area contributed by atoms with Gasteiger partial charge in [0, 0.05) is 11.6 Å². The Labute approximate surface area is 175 Å². The van der Waals surface area contributed by atoms with Crippen molar-refractivity contribution in [2.24, 2.45) is 0 Å². The second-order valence-corrected chi connectivity index (χ2v) is 6.43. The molecule has 0 aliphatic carbocycles. The molecule has 0 saturated carbocycles. The summed E-state index contributed by atoms with van der Waals surface area (Å²) in [6.45, 7) is 4.13. The van der Waals surface area contributed by atoms with Gasteiger partial charge in [0.2, 0.25) is 6.10 Å². The molecule has 6 heteroatoms. The molecular formula is C24H23NO5. The van der Waals surface area contributed by atoms with Crippen LogP contribution in [0.1, 0.15) is 30.1 Å². The first-order valence-electron chi connectivity index (χ1n) is 9.59. The molecule has 1 atom stereocenters. The van der Waals surface area contributed by atoms with E-state index in [1.54, 1.807) is 54.6 Å². The van der Waals surface area contributed by atoms with Gasteiger partial charge in [0.25, 0.3) is 5.91 Å². The number of furan rings is 1. The summed E-state index contributed by atoms with van der Waals surface area (Å²) >= 11 is 0. The Morgan fingerprint density at radius 1 is 1.03 bits per heavy atom. The number of benzene rings is 2. The lowest BCUT2D eigenvalue weighted by Crippen LogP contribution is -2.25. The van der Waals surface area contributed by atoms with E-state index in [1.807, 2.05) is 26.0 Å². The Bertz CT molecular complexity index is 1020. The number of nitrogens with one attached hydrogen (secondary N) is 1. The fourth-order valence-electron chi connectivity index (χ4n) is 2.80. The largest absolute Gasteiger partial charge is 0.492 e. The zero-order valence-corrected chi connectivity index (χ0v) is 16.8. The number of ether oxygens (including phenoxy) is 2. The topological polar surface area (TPSA) is 77.8 Å². The summed E-state index contributed by atoms with van der Waals surface area (Å²) in [5.74, 6) is 0.656. The fraction of sp³-hybridized carbons (Fsp3) is 0.167. The quantitative estimate of drug-likeness (QED) is 0.425. The number of carbonyl (C=O) groups excluding carboxylic acids is 2. The maximum atomic E-state index is 13.0. The van der Waals surface area contributed by atoms with E-state index in [-0.39, 0.29) is 0 Å². The van der Waals surface area contributed by atoms with E-state index in [2.05, 4.69) is 5.32 Å². The Morgan fingerprint density at radius 3 is 2.47 bits per heavy atom. The third kappa shape index (κ3) is 5.61. The Morgan fingerprint density at radius 2 is 1.77 bits per heavy atom. The molecule has 0 aliphatic rings. The van der Waals surface area contributed by atoms with Crippen LogP contribution in [-0.4, -0.2) is 18.5 Å². The molecule has 1 heterocycles. The first kappa shape index (κ1) is 20.9. The summed E-state index contributed by atoms with van der Waals surface area (Å²) in [6, 6.07) is 19.5. The van der Waals surface area contributed by atoms with E-state index < -0.39 is 18.0 Å². The van der Waals surface area contributed by atoms with Gasteiger partial charge in [-0.2, -0.15) is 0 Å². The average molecular weight is 405 g/mol. The highest BCUT2D eigenvalue weighted by Gasteiger charge is 2.25. The van der Waals surface area contributed by atoms with Gasteiger partial charge < -0.3 is 19.2 Å². The van der Waals surface area contributed by atoms with Crippen molar-refractivity contribution in [3.63, 3.8) is 0 Å². The SMILES string of the molecule is CCOc1ccccc1NC(=O)C(OC(=O)/C=C/c1ccc(C)o1)c1ccccc1. The number of hydrogen-bond donors (Lipinski definition) is 1. The maximum Gasteiger partial charge on any atom is 0.332 e. The van der Waals surface area contributed by atoms with Crippen LogP contribution < -0.4 is 10.1 Å². The molecular weight excluding hydrogens is 382 g/mol. The number of rotatable bonds is 8. The molecule has 0 spiro atoms. The van der Waals surface area contributed by atoms with Gasteiger partial charge in [0.05, 0.1) is 12.3 Å². The van der Waals surface area contributed by atoms with Crippen molar-refractivity contribution in [1.29, 1.82) is 0 Å². The minimum Gasteiger partial charge on any atom is -0.492 e. The summed E-state index contributed by atoms with van der Waals surface area (Å²) in [6.07, 6.45) is 1.60. The standard InChI is InChI=1S/C24H23NO5/c1-3-28-21-12-8-7-11-20(21)25-24(27)23(18-9-5-4-6-10-18)30-22(26)16-15-19-14-13-17(2)29-19/h4-16,23H,3H2,1-2H3,(H,25,27)/b16-15+. The number of carbonyl (C=O) groups is 2. The van der Waals surface area contributed by atoms with Crippen LogP contribution in [0.5, 0.6) is 5.75 Å². The highest BCUT2D eigenvalue weighted by Crippen LogP contribution is 2.26. The first-order chi connectivity index (χ1) is 14.6. The van der Waals surface area contributed by atoms with Crippen molar-refractivity contribution < 1.29 is 23.5 Å². The first-order valence-corrected chi connectivity index (χ1v) is 9.59. The van der Waals surface area contributed by atoms with Gasteiger partial charge in [-0.3, -0.25) is 4.79 Å². The van der Waals surface area contributed by atoms with E-state index in [0.717, 1.165) is 5.76 Å². The van der Waals surface area contributed by atoms with Gasteiger partial charge in [-0.05, 0) is 44.2 Å². The predicted octanol–water partition coefficient (Wildman–Crippen LogP) is 4.92. The molecule has 1 N–H and O–H groups in total. The van der Waals surface area contributed by atoms with E-state index in [4.69, 9.17) is 13.9 Å². The minimum absolute atomic E-state index is 0.459. The molecule has 2 aromatic carbocycles. The third-order valence-corrected chi connectivity index (χ3v) is 4.16. The van der Waals surface area contributed by atoms with Crippen LogP contribution in [0.25, 0.3) is 6.08 Å². The minimum atomic E-state index is -1.13. The normalized spacial score (nSPS) is 11.8. The van der Waals surface area contributed by atoms with E-state index in [1.165, 1.54) is 12.2 Å². The highest BCUT2D eigenvalue weighted by atomic mass is 16.5. The molecule has 6 nitrogen and oxygen atoms in total. The zero-order valence-electron chi connectivity index (χ0n) is 16.8. The van der Waals surface area contributed by atoms with Crippen molar-refractivity contribution in [3.05, 3.63) is 89.9 Å². The van der Waals surface area contributed by atoms with E-state index >= 15 is 0 Å². The zero-order chi connectivity index (χ0) is 21.3. The summed E-state index contributed by atoms with van der Waals surface area (Å²) in [5.41, 5.74) is 1.06. The van der Waals surface area contributed by atoms with Crippen molar-refractivity contribution in [3.8, 4) is 5.75 Å². The second kappa shape index (κ2) is 10.1. The molecule has 3 rings (SSSR count). The van der Waals surface area contributed by atoms with Crippen molar-refractivity contribution in [2.75, 3.05) is 11.9 Å². The van der Waals surface area contributed by atoms with Gasteiger partial charge >= 0.3 is 5.97 Å². The number of aryl methyl sites for hydroxylation is 1. The summed E-state index contributed by atoms with van der Waals surface area (Å²) < 4.78 is 16.4. The van der Waals surface area contributed by atoms with Crippen LogP contribution in [0.15, 0.2) is 77.2 Å². The lowest BCUT2D eigenvalue weighted by molar-refractivity contribution is -0.149. The monoisotopic (exact) mass is 405 g/mol. The molecule has 0 radical (unpaired) electrons. The number of amides is 1. The molecule has 154 valence electrons. The van der Waals surface area contributed by atoms with E-state index in [9.17, 15) is 9.59 Å². The smallest absolute Gasteiger partial charge is 0.332 e. The number of hydrogen-bond acceptors (Lipinski definition) is 5. The molecule has 1 aromatic heterocycles. The van der Waals surface area contributed by atoms with Gasteiger partial charge in [0.1, 0.15) is 17.3 Å². The van der Waals surface area contributed by atoms with Crippen molar-refractivity contribution in [1.82, 2.24) is 0 Å². The third-order valence-electron chi connectivity index (χ3n) is 4.16. The molecule has 30 heavy (non-hydrogen) atoms. The van der Waals surface area contributed by atoms with Crippen LogP contribution in [0.3, 0.4) is 0 Å². The molecule has 0 bridgehead atoms.